The quantitative estimate of drug-likeness (QED) is 0.901. The highest BCUT2D eigenvalue weighted by molar-refractivity contribution is 5.25. The standard InChI is InChI=1S/C15H24FN3/c1-12(19-10-8-18(3)9-11-19)15(2,17)13-4-6-14(16)7-5-13/h4-7,12H,8-11,17H2,1-3H3. The Kier molecular flexibility index (Phi) is 4.23. The van der Waals surface area contributed by atoms with Gasteiger partial charge in [-0.25, -0.2) is 4.39 Å². The second kappa shape index (κ2) is 5.57. The fraction of sp³-hybridized carbons (Fsp3) is 0.600. The molecule has 2 unspecified atom stereocenters. The van der Waals surface area contributed by atoms with Crippen LogP contribution < -0.4 is 5.73 Å². The maximum atomic E-state index is 13.0. The average Bonchev–Trinajstić information content (AvgIpc) is 2.39. The summed E-state index contributed by atoms with van der Waals surface area (Å²) in [7, 11) is 2.14. The van der Waals surface area contributed by atoms with Gasteiger partial charge in [0.15, 0.2) is 0 Å². The first kappa shape index (κ1) is 14.4. The van der Waals surface area contributed by atoms with Gasteiger partial charge in [0.1, 0.15) is 5.82 Å². The van der Waals surface area contributed by atoms with Gasteiger partial charge in [-0.1, -0.05) is 12.1 Å². The van der Waals surface area contributed by atoms with Crippen molar-refractivity contribution in [2.45, 2.75) is 25.4 Å². The maximum Gasteiger partial charge on any atom is 0.123 e. The number of nitrogens with two attached hydrogens (primary N) is 1. The third kappa shape index (κ3) is 3.14. The minimum Gasteiger partial charge on any atom is -0.320 e. The van der Waals surface area contributed by atoms with Gasteiger partial charge in [-0.3, -0.25) is 4.90 Å². The highest BCUT2D eigenvalue weighted by Crippen LogP contribution is 2.26. The smallest absolute Gasteiger partial charge is 0.123 e. The Labute approximate surface area is 115 Å². The van der Waals surface area contributed by atoms with Gasteiger partial charge in [0.2, 0.25) is 0 Å². The molecular formula is C15H24FN3. The first-order valence-electron chi connectivity index (χ1n) is 6.89. The van der Waals surface area contributed by atoms with E-state index in [9.17, 15) is 4.39 Å². The van der Waals surface area contributed by atoms with Crippen molar-refractivity contribution in [3.8, 4) is 0 Å². The van der Waals surface area contributed by atoms with Gasteiger partial charge in [-0.15, -0.1) is 0 Å². The molecule has 0 amide bonds. The molecule has 2 atom stereocenters. The highest BCUT2D eigenvalue weighted by atomic mass is 19.1. The third-order valence-corrected chi connectivity index (χ3v) is 4.42. The van der Waals surface area contributed by atoms with Crippen molar-refractivity contribution in [2.75, 3.05) is 33.2 Å². The molecular weight excluding hydrogens is 241 g/mol. The monoisotopic (exact) mass is 265 g/mol. The van der Waals surface area contributed by atoms with Crippen molar-refractivity contribution in [3.05, 3.63) is 35.6 Å². The lowest BCUT2D eigenvalue weighted by molar-refractivity contribution is 0.0812. The number of likely N-dealkylation sites (N-methyl/N-ethyl adjacent to an activating group) is 1. The lowest BCUT2D eigenvalue weighted by atomic mass is 9.85. The van der Waals surface area contributed by atoms with E-state index in [0.29, 0.717) is 0 Å². The van der Waals surface area contributed by atoms with Crippen LogP contribution in [0.15, 0.2) is 24.3 Å². The predicted molar refractivity (Wildman–Crippen MR) is 76.5 cm³/mol. The number of piperazine rings is 1. The van der Waals surface area contributed by atoms with E-state index in [4.69, 9.17) is 5.73 Å². The molecule has 1 heterocycles. The molecule has 3 nitrogen and oxygen atoms in total. The molecule has 1 aromatic rings. The van der Waals surface area contributed by atoms with Gasteiger partial charge in [-0.2, -0.15) is 0 Å². The zero-order valence-corrected chi connectivity index (χ0v) is 12.1. The molecule has 2 N–H and O–H groups in total. The van der Waals surface area contributed by atoms with Crippen molar-refractivity contribution in [1.29, 1.82) is 0 Å². The number of hydrogen-bond acceptors (Lipinski definition) is 3. The Morgan fingerprint density at radius 1 is 1.16 bits per heavy atom. The second-order valence-corrected chi connectivity index (χ2v) is 5.80. The topological polar surface area (TPSA) is 32.5 Å². The summed E-state index contributed by atoms with van der Waals surface area (Å²) in [5.74, 6) is -0.216. The van der Waals surface area contributed by atoms with E-state index in [0.717, 1.165) is 31.7 Å². The zero-order valence-electron chi connectivity index (χ0n) is 12.1. The van der Waals surface area contributed by atoms with E-state index in [2.05, 4.69) is 23.8 Å². The molecule has 0 bridgehead atoms. The molecule has 4 heteroatoms. The van der Waals surface area contributed by atoms with E-state index in [-0.39, 0.29) is 11.9 Å². The summed E-state index contributed by atoms with van der Waals surface area (Å²) in [4.78, 5) is 4.75. The summed E-state index contributed by atoms with van der Waals surface area (Å²) >= 11 is 0. The van der Waals surface area contributed by atoms with Crippen molar-refractivity contribution < 1.29 is 4.39 Å². The van der Waals surface area contributed by atoms with Crippen LogP contribution in [-0.4, -0.2) is 49.1 Å². The molecule has 1 aliphatic heterocycles. The Hall–Kier alpha value is -0.970. The fourth-order valence-electron chi connectivity index (χ4n) is 2.64. The summed E-state index contributed by atoms with van der Waals surface area (Å²) in [6.07, 6.45) is 0. The van der Waals surface area contributed by atoms with Gasteiger partial charge in [0.25, 0.3) is 0 Å². The lowest BCUT2D eigenvalue weighted by Gasteiger charge is -2.43. The molecule has 0 radical (unpaired) electrons. The van der Waals surface area contributed by atoms with Crippen LogP contribution in [0, 0.1) is 5.82 Å². The van der Waals surface area contributed by atoms with Crippen LogP contribution in [0.4, 0.5) is 4.39 Å². The summed E-state index contributed by atoms with van der Waals surface area (Å²) in [6.45, 7) is 8.41. The fourth-order valence-corrected chi connectivity index (χ4v) is 2.64. The van der Waals surface area contributed by atoms with Gasteiger partial charge >= 0.3 is 0 Å². The first-order chi connectivity index (χ1) is 8.91. The third-order valence-electron chi connectivity index (χ3n) is 4.42. The van der Waals surface area contributed by atoms with Crippen LogP contribution in [0.3, 0.4) is 0 Å². The zero-order chi connectivity index (χ0) is 14.0. The number of benzene rings is 1. The predicted octanol–water partition coefficient (Wildman–Crippen LogP) is 1.64. The number of nitrogens with zero attached hydrogens (tertiary/aromatic N) is 2. The molecule has 2 rings (SSSR count). The van der Waals surface area contributed by atoms with Crippen molar-refractivity contribution in [3.63, 3.8) is 0 Å². The summed E-state index contributed by atoms with van der Waals surface area (Å²) in [5, 5.41) is 0. The normalized spacial score (nSPS) is 23.0. The number of hydrogen-bond donors (Lipinski definition) is 1. The molecule has 1 saturated heterocycles. The van der Waals surface area contributed by atoms with Gasteiger partial charge in [0, 0.05) is 32.2 Å². The number of halogens is 1. The average molecular weight is 265 g/mol. The van der Waals surface area contributed by atoms with Crippen LogP contribution >= 0.6 is 0 Å². The summed E-state index contributed by atoms with van der Waals surface area (Å²) in [6, 6.07) is 6.78. The minimum atomic E-state index is -0.469. The van der Waals surface area contributed by atoms with Crippen molar-refractivity contribution in [2.24, 2.45) is 5.73 Å². The van der Waals surface area contributed by atoms with E-state index >= 15 is 0 Å². The molecule has 106 valence electrons. The minimum absolute atomic E-state index is 0.216. The van der Waals surface area contributed by atoms with Crippen LogP contribution in [0.5, 0.6) is 0 Å². The summed E-state index contributed by atoms with van der Waals surface area (Å²) in [5.41, 5.74) is 7.04. The van der Waals surface area contributed by atoms with E-state index < -0.39 is 5.54 Å². The molecule has 0 aromatic heterocycles. The first-order valence-corrected chi connectivity index (χ1v) is 6.89. The molecule has 0 aliphatic carbocycles. The Morgan fingerprint density at radius 3 is 2.21 bits per heavy atom. The van der Waals surface area contributed by atoms with Crippen molar-refractivity contribution in [1.82, 2.24) is 9.80 Å². The lowest BCUT2D eigenvalue weighted by Crippen LogP contribution is -2.57. The maximum absolute atomic E-state index is 13.0. The molecule has 1 aliphatic rings. The van der Waals surface area contributed by atoms with Crippen LogP contribution in [0.25, 0.3) is 0 Å². The molecule has 0 spiro atoms. The number of rotatable bonds is 3. The van der Waals surface area contributed by atoms with Crippen LogP contribution in [-0.2, 0) is 5.54 Å². The van der Waals surface area contributed by atoms with Crippen LogP contribution in [0.1, 0.15) is 19.4 Å². The summed E-state index contributed by atoms with van der Waals surface area (Å²) < 4.78 is 13.0. The largest absolute Gasteiger partial charge is 0.320 e. The van der Waals surface area contributed by atoms with E-state index in [1.165, 1.54) is 12.1 Å². The van der Waals surface area contributed by atoms with Crippen molar-refractivity contribution >= 4 is 0 Å². The highest BCUT2D eigenvalue weighted by Gasteiger charge is 2.33. The van der Waals surface area contributed by atoms with E-state index in [1.54, 1.807) is 12.1 Å². The van der Waals surface area contributed by atoms with Gasteiger partial charge < -0.3 is 10.6 Å². The molecule has 0 saturated carbocycles. The Balaban J connectivity index is 2.12. The van der Waals surface area contributed by atoms with Gasteiger partial charge in [0.05, 0.1) is 5.54 Å². The Morgan fingerprint density at radius 2 is 1.68 bits per heavy atom. The second-order valence-electron chi connectivity index (χ2n) is 5.80. The Bertz CT molecular complexity index is 408. The van der Waals surface area contributed by atoms with E-state index in [1.807, 2.05) is 6.92 Å². The van der Waals surface area contributed by atoms with Gasteiger partial charge in [-0.05, 0) is 38.6 Å². The molecule has 1 aromatic carbocycles. The molecule has 19 heavy (non-hydrogen) atoms. The van der Waals surface area contributed by atoms with Crippen LogP contribution in [0.2, 0.25) is 0 Å². The molecule has 1 fully saturated rings. The SMILES string of the molecule is CC(N1CCN(C)CC1)C(C)(N)c1ccc(F)cc1.